The van der Waals surface area contributed by atoms with Gasteiger partial charge >= 0.3 is 0 Å². The number of fused-ring (bicyclic) bond motifs is 2. The molecule has 1 aliphatic rings. The predicted octanol–water partition coefficient (Wildman–Crippen LogP) is 3.44. The molecule has 0 aliphatic carbocycles. The van der Waals surface area contributed by atoms with Crippen molar-refractivity contribution in [1.82, 2.24) is 4.90 Å². The van der Waals surface area contributed by atoms with E-state index < -0.39 is 0 Å². The summed E-state index contributed by atoms with van der Waals surface area (Å²) in [5, 5.41) is 2.32. The number of furan rings is 2. The van der Waals surface area contributed by atoms with Crippen molar-refractivity contribution in [3.05, 3.63) is 35.8 Å². The molecule has 3 heterocycles. The van der Waals surface area contributed by atoms with Crippen molar-refractivity contribution in [2.24, 2.45) is 11.7 Å². The van der Waals surface area contributed by atoms with Gasteiger partial charge in [0.25, 0.3) is 0 Å². The van der Waals surface area contributed by atoms with Crippen molar-refractivity contribution in [3.8, 4) is 0 Å². The quantitative estimate of drug-likeness (QED) is 0.783. The zero-order valence-corrected chi connectivity index (χ0v) is 12.4. The zero-order chi connectivity index (χ0) is 14.6. The molecule has 0 amide bonds. The molecule has 2 N–H and O–H groups in total. The molecule has 21 heavy (non-hydrogen) atoms. The number of nitrogens with two attached hydrogens (primary N) is 1. The van der Waals surface area contributed by atoms with Gasteiger partial charge < -0.3 is 14.6 Å². The second-order valence-corrected chi connectivity index (χ2v) is 6.16. The van der Waals surface area contributed by atoms with Gasteiger partial charge in [-0.2, -0.15) is 0 Å². The number of benzene rings is 1. The lowest BCUT2D eigenvalue weighted by molar-refractivity contribution is 0.315. The van der Waals surface area contributed by atoms with Gasteiger partial charge in [-0.3, -0.25) is 4.90 Å². The smallest absolute Gasteiger partial charge is 0.139 e. The fraction of sp³-hybridized carbons (Fsp3) is 0.412. The van der Waals surface area contributed by atoms with Crippen LogP contribution >= 0.6 is 0 Å². The molecule has 1 saturated heterocycles. The maximum Gasteiger partial charge on any atom is 0.139 e. The molecule has 2 atom stereocenters. The molecule has 0 radical (unpaired) electrons. The van der Waals surface area contributed by atoms with E-state index in [4.69, 9.17) is 14.6 Å². The summed E-state index contributed by atoms with van der Waals surface area (Å²) in [5.41, 5.74) is 10.3. The molecule has 2 aromatic heterocycles. The highest BCUT2D eigenvalue weighted by molar-refractivity contribution is 6.01. The molecule has 2 unspecified atom stereocenters. The molecular weight excluding hydrogens is 264 g/mol. The van der Waals surface area contributed by atoms with Crippen LogP contribution in [0.25, 0.3) is 21.9 Å². The fourth-order valence-corrected chi connectivity index (χ4v) is 3.81. The van der Waals surface area contributed by atoms with Crippen LogP contribution in [0.1, 0.15) is 23.6 Å². The third-order valence-corrected chi connectivity index (χ3v) is 4.91. The number of hydrogen-bond acceptors (Lipinski definition) is 4. The van der Waals surface area contributed by atoms with Gasteiger partial charge in [0.1, 0.15) is 11.2 Å². The van der Waals surface area contributed by atoms with Crippen molar-refractivity contribution in [2.45, 2.75) is 19.4 Å². The Hall–Kier alpha value is -1.78. The van der Waals surface area contributed by atoms with E-state index in [9.17, 15) is 0 Å². The first-order chi connectivity index (χ1) is 10.2. The molecule has 4 nitrogen and oxygen atoms in total. The molecule has 1 fully saturated rings. The molecule has 4 rings (SSSR count). The van der Waals surface area contributed by atoms with E-state index in [1.165, 1.54) is 10.9 Å². The van der Waals surface area contributed by atoms with E-state index in [-0.39, 0.29) is 0 Å². The average Bonchev–Trinajstić information content (AvgIpc) is 3.19. The highest BCUT2D eigenvalue weighted by Gasteiger charge is 2.33. The van der Waals surface area contributed by atoms with Crippen LogP contribution in [0.3, 0.4) is 0 Å². The lowest BCUT2D eigenvalue weighted by Crippen LogP contribution is -2.20. The summed E-state index contributed by atoms with van der Waals surface area (Å²) in [7, 11) is 2.17. The third-order valence-electron chi connectivity index (χ3n) is 4.91. The van der Waals surface area contributed by atoms with Gasteiger partial charge in [-0.1, -0.05) is 0 Å². The van der Waals surface area contributed by atoms with Crippen LogP contribution in [-0.4, -0.2) is 25.0 Å². The summed E-state index contributed by atoms with van der Waals surface area (Å²) in [4.78, 5) is 2.39. The standard InChI is InChI=1S/C17H20N2O2/c1-10-12-3-5-21-17(12)15(13-4-6-20-16(10)13)14-7-11(8-18)9-19(14)2/h3-6,11,14H,7-9,18H2,1-2H3. The molecule has 1 aromatic carbocycles. The SMILES string of the molecule is Cc1c2ccoc2c(C2CC(CN)CN2C)c2ccoc12. The summed E-state index contributed by atoms with van der Waals surface area (Å²) in [6.45, 7) is 3.87. The highest BCUT2D eigenvalue weighted by atomic mass is 16.3. The van der Waals surface area contributed by atoms with Crippen LogP contribution in [0.4, 0.5) is 0 Å². The number of hydrogen-bond donors (Lipinski definition) is 1. The summed E-state index contributed by atoms with van der Waals surface area (Å²) in [6, 6.07) is 4.43. The lowest BCUT2D eigenvalue weighted by Gasteiger charge is -2.21. The van der Waals surface area contributed by atoms with E-state index in [2.05, 4.69) is 24.9 Å². The van der Waals surface area contributed by atoms with Crippen molar-refractivity contribution in [2.75, 3.05) is 20.1 Å². The topological polar surface area (TPSA) is 55.5 Å². The van der Waals surface area contributed by atoms with Crippen LogP contribution in [0, 0.1) is 12.8 Å². The van der Waals surface area contributed by atoms with Crippen molar-refractivity contribution < 1.29 is 8.83 Å². The van der Waals surface area contributed by atoms with Crippen molar-refractivity contribution in [3.63, 3.8) is 0 Å². The Bertz CT molecular complexity index is 750. The summed E-state index contributed by atoms with van der Waals surface area (Å²) >= 11 is 0. The Labute approximate surface area is 123 Å². The molecule has 0 saturated carbocycles. The van der Waals surface area contributed by atoms with Crippen LogP contribution in [0.2, 0.25) is 0 Å². The fourth-order valence-electron chi connectivity index (χ4n) is 3.81. The van der Waals surface area contributed by atoms with E-state index in [0.29, 0.717) is 12.0 Å². The Morgan fingerprint density at radius 3 is 2.62 bits per heavy atom. The summed E-state index contributed by atoms with van der Waals surface area (Å²) in [5.74, 6) is 0.549. The molecule has 3 aromatic rings. The first-order valence-electron chi connectivity index (χ1n) is 7.48. The summed E-state index contributed by atoms with van der Waals surface area (Å²) in [6.07, 6.45) is 4.62. The second-order valence-electron chi connectivity index (χ2n) is 6.16. The normalized spacial score (nSPS) is 23.6. The molecule has 110 valence electrons. The monoisotopic (exact) mass is 284 g/mol. The van der Waals surface area contributed by atoms with Crippen LogP contribution < -0.4 is 5.73 Å². The van der Waals surface area contributed by atoms with E-state index in [1.54, 1.807) is 12.5 Å². The zero-order valence-electron chi connectivity index (χ0n) is 12.4. The molecule has 4 heteroatoms. The van der Waals surface area contributed by atoms with Gasteiger partial charge in [-0.25, -0.2) is 0 Å². The number of nitrogens with zero attached hydrogens (tertiary/aromatic N) is 1. The van der Waals surface area contributed by atoms with E-state index >= 15 is 0 Å². The maximum atomic E-state index is 5.88. The van der Waals surface area contributed by atoms with Crippen LogP contribution in [-0.2, 0) is 0 Å². The molecule has 0 bridgehead atoms. The predicted molar refractivity (Wildman–Crippen MR) is 83.3 cm³/mol. The first-order valence-corrected chi connectivity index (χ1v) is 7.48. The molecule has 0 spiro atoms. The largest absolute Gasteiger partial charge is 0.464 e. The van der Waals surface area contributed by atoms with Gasteiger partial charge in [-0.15, -0.1) is 0 Å². The highest BCUT2D eigenvalue weighted by Crippen LogP contribution is 2.43. The second kappa shape index (κ2) is 4.61. The number of rotatable bonds is 2. The number of aryl methyl sites for hydroxylation is 1. The molecular formula is C17H20N2O2. The van der Waals surface area contributed by atoms with E-state index in [1.807, 2.05) is 6.07 Å². The Morgan fingerprint density at radius 2 is 1.90 bits per heavy atom. The van der Waals surface area contributed by atoms with Crippen molar-refractivity contribution in [1.29, 1.82) is 0 Å². The minimum Gasteiger partial charge on any atom is -0.464 e. The van der Waals surface area contributed by atoms with Gasteiger partial charge in [0.15, 0.2) is 0 Å². The Morgan fingerprint density at radius 1 is 1.19 bits per heavy atom. The van der Waals surface area contributed by atoms with Gasteiger partial charge in [0.2, 0.25) is 0 Å². The van der Waals surface area contributed by atoms with Gasteiger partial charge in [-0.05, 0) is 45.0 Å². The van der Waals surface area contributed by atoms with Gasteiger partial charge in [0, 0.05) is 34.5 Å². The Balaban J connectivity index is 2.00. The minimum atomic E-state index is 0.341. The average molecular weight is 284 g/mol. The maximum absolute atomic E-state index is 5.88. The van der Waals surface area contributed by atoms with Crippen molar-refractivity contribution >= 4 is 21.9 Å². The summed E-state index contributed by atoms with van der Waals surface area (Å²) < 4.78 is 11.6. The van der Waals surface area contributed by atoms with E-state index in [0.717, 1.165) is 41.6 Å². The van der Waals surface area contributed by atoms with Gasteiger partial charge in [0.05, 0.1) is 12.5 Å². The first kappa shape index (κ1) is 12.9. The van der Waals surface area contributed by atoms with Crippen LogP contribution in [0.15, 0.2) is 33.5 Å². The lowest BCUT2D eigenvalue weighted by atomic mass is 9.94. The minimum absolute atomic E-state index is 0.341. The molecule has 1 aliphatic heterocycles. The third kappa shape index (κ3) is 1.76. The number of likely N-dealkylation sites (tertiary alicyclic amines) is 1. The van der Waals surface area contributed by atoms with Crippen LogP contribution in [0.5, 0.6) is 0 Å². The Kier molecular flexibility index (Phi) is 2.84.